The van der Waals surface area contributed by atoms with Crippen LogP contribution in [0.25, 0.3) is 0 Å². The first-order valence-electron chi connectivity index (χ1n) is 5.32. The zero-order valence-corrected chi connectivity index (χ0v) is 9.67. The van der Waals surface area contributed by atoms with Crippen LogP contribution in [0.4, 0.5) is 0 Å². The number of likely N-dealkylation sites (tertiary alicyclic amines) is 1. The molecule has 0 spiro atoms. The van der Waals surface area contributed by atoms with Gasteiger partial charge in [0.25, 0.3) is 0 Å². The van der Waals surface area contributed by atoms with E-state index in [1.165, 1.54) is 4.88 Å². The van der Waals surface area contributed by atoms with Gasteiger partial charge in [-0.05, 0) is 24.8 Å². The number of nitrogens with two attached hydrogens (primary N) is 1. The van der Waals surface area contributed by atoms with Crippen LogP contribution in [-0.4, -0.2) is 23.4 Å². The minimum atomic E-state index is 0.0845. The first-order valence-corrected chi connectivity index (χ1v) is 6.20. The van der Waals surface area contributed by atoms with E-state index in [4.69, 9.17) is 5.73 Å². The van der Waals surface area contributed by atoms with Crippen molar-refractivity contribution >= 4 is 17.2 Å². The molecule has 2 N–H and O–H groups in total. The third-order valence-electron chi connectivity index (χ3n) is 2.93. The summed E-state index contributed by atoms with van der Waals surface area (Å²) in [5.41, 5.74) is 6.11. The van der Waals surface area contributed by atoms with Crippen molar-refractivity contribution in [3.8, 4) is 0 Å². The lowest BCUT2D eigenvalue weighted by Gasteiger charge is -2.38. The molecule has 0 saturated carbocycles. The monoisotopic (exact) mass is 224 g/mol. The van der Waals surface area contributed by atoms with Crippen molar-refractivity contribution < 1.29 is 4.79 Å². The number of likely N-dealkylation sites (N-methyl/N-ethyl adjacent to an activating group) is 1. The number of hydrogen-bond acceptors (Lipinski definition) is 3. The third kappa shape index (κ3) is 1.92. The lowest BCUT2D eigenvalue weighted by Crippen LogP contribution is -2.48. The number of thiophene rings is 1. The Morgan fingerprint density at radius 1 is 1.67 bits per heavy atom. The van der Waals surface area contributed by atoms with Crippen molar-refractivity contribution in [1.82, 2.24) is 4.90 Å². The summed E-state index contributed by atoms with van der Waals surface area (Å²) in [5, 5.41) is 2.04. The fourth-order valence-electron chi connectivity index (χ4n) is 2.18. The number of amides is 1. The van der Waals surface area contributed by atoms with Crippen LogP contribution in [-0.2, 0) is 4.79 Å². The van der Waals surface area contributed by atoms with Gasteiger partial charge in [-0.2, -0.15) is 0 Å². The molecular weight excluding hydrogens is 208 g/mol. The van der Waals surface area contributed by atoms with Crippen molar-refractivity contribution in [2.45, 2.75) is 31.8 Å². The van der Waals surface area contributed by atoms with Crippen molar-refractivity contribution in [2.24, 2.45) is 5.73 Å². The van der Waals surface area contributed by atoms with E-state index in [1.54, 1.807) is 11.3 Å². The van der Waals surface area contributed by atoms with E-state index in [-0.39, 0.29) is 18.0 Å². The van der Waals surface area contributed by atoms with Gasteiger partial charge in [-0.15, -0.1) is 11.3 Å². The van der Waals surface area contributed by atoms with Gasteiger partial charge in [0.2, 0.25) is 5.91 Å². The van der Waals surface area contributed by atoms with Gasteiger partial charge >= 0.3 is 0 Å². The van der Waals surface area contributed by atoms with E-state index >= 15 is 0 Å². The van der Waals surface area contributed by atoms with Gasteiger partial charge < -0.3 is 10.6 Å². The number of carbonyl (C=O) groups excluding carboxylic acids is 1. The zero-order valence-electron chi connectivity index (χ0n) is 8.85. The SMILES string of the molecule is CCN1C(=O)CCC(N)C1c1cccs1. The Hall–Kier alpha value is -0.870. The fraction of sp³-hybridized carbons (Fsp3) is 0.545. The highest BCUT2D eigenvalue weighted by Crippen LogP contribution is 2.32. The number of piperidine rings is 1. The van der Waals surface area contributed by atoms with E-state index < -0.39 is 0 Å². The van der Waals surface area contributed by atoms with E-state index in [0.29, 0.717) is 6.42 Å². The quantitative estimate of drug-likeness (QED) is 0.832. The van der Waals surface area contributed by atoms with Crippen LogP contribution in [0.1, 0.15) is 30.7 Å². The van der Waals surface area contributed by atoms with E-state index in [1.807, 2.05) is 23.3 Å². The first-order chi connectivity index (χ1) is 7.24. The van der Waals surface area contributed by atoms with Crippen LogP contribution in [0.3, 0.4) is 0 Å². The van der Waals surface area contributed by atoms with Gasteiger partial charge in [0.1, 0.15) is 0 Å². The first kappa shape index (κ1) is 10.6. The highest BCUT2D eigenvalue weighted by atomic mass is 32.1. The highest BCUT2D eigenvalue weighted by Gasteiger charge is 2.34. The molecule has 82 valence electrons. The van der Waals surface area contributed by atoms with Gasteiger partial charge in [0.15, 0.2) is 0 Å². The number of carbonyl (C=O) groups is 1. The number of hydrogen-bond donors (Lipinski definition) is 1. The highest BCUT2D eigenvalue weighted by molar-refractivity contribution is 7.10. The van der Waals surface area contributed by atoms with E-state index in [9.17, 15) is 4.79 Å². The molecule has 2 unspecified atom stereocenters. The van der Waals surface area contributed by atoms with Gasteiger partial charge in [0, 0.05) is 23.9 Å². The molecule has 1 saturated heterocycles. The van der Waals surface area contributed by atoms with Crippen molar-refractivity contribution in [1.29, 1.82) is 0 Å². The van der Waals surface area contributed by atoms with Crippen LogP contribution in [0.15, 0.2) is 17.5 Å². The van der Waals surface area contributed by atoms with Gasteiger partial charge in [-0.25, -0.2) is 0 Å². The lowest BCUT2D eigenvalue weighted by molar-refractivity contribution is -0.136. The molecule has 1 aliphatic rings. The Morgan fingerprint density at radius 2 is 2.47 bits per heavy atom. The summed E-state index contributed by atoms with van der Waals surface area (Å²) in [6, 6.07) is 4.26. The number of rotatable bonds is 2. The molecule has 1 aromatic rings. The van der Waals surface area contributed by atoms with Crippen LogP contribution < -0.4 is 5.73 Å². The normalized spacial score (nSPS) is 27.1. The summed E-state index contributed by atoms with van der Waals surface area (Å²) in [4.78, 5) is 14.9. The summed E-state index contributed by atoms with van der Waals surface area (Å²) >= 11 is 1.68. The third-order valence-corrected chi connectivity index (χ3v) is 3.87. The maximum atomic E-state index is 11.8. The second kappa shape index (κ2) is 4.33. The van der Waals surface area contributed by atoms with Crippen molar-refractivity contribution in [3.05, 3.63) is 22.4 Å². The molecule has 0 radical (unpaired) electrons. The Balaban J connectivity index is 2.28. The largest absolute Gasteiger partial charge is 0.334 e. The summed E-state index contributed by atoms with van der Waals surface area (Å²) in [6.45, 7) is 2.76. The van der Waals surface area contributed by atoms with Crippen LogP contribution in [0, 0.1) is 0 Å². The lowest BCUT2D eigenvalue weighted by atomic mass is 9.95. The maximum Gasteiger partial charge on any atom is 0.223 e. The molecule has 1 aliphatic heterocycles. The topological polar surface area (TPSA) is 46.3 Å². The number of nitrogens with zero attached hydrogens (tertiary/aromatic N) is 1. The molecule has 0 aromatic carbocycles. The average molecular weight is 224 g/mol. The van der Waals surface area contributed by atoms with Crippen molar-refractivity contribution in [2.75, 3.05) is 6.54 Å². The zero-order chi connectivity index (χ0) is 10.8. The van der Waals surface area contributed by atoms with Crippen LogP contribution in [0.2, 0.25) is 0 Å². The van der Waals surface area contributed by atoms with E-state index in [0.717, 1.165) is 13.0 Å². The van der Waals surface area contributed by atoms with Crippen LogP contribution in [0.5, 0.6) is 0 Å². The smallest absolute Gasteiger partial charge is 0.223 e. The Kier molecular flexibility index (Phi) is 3.07. The molecule has 1 amide bonds. The second-order valence-corrected chi connectivity index (χ2v) is 4.82. The standard InChI is InChI=1S/C11H16N2OS/c1-2-13-10(14)6-5-8(12)11(13)9-4-3-7-15-9/h3-4,7-8,11H,2,5-6,12H2,1H3. The molecule has 3 nitrogen and oxygen atoms in total. The van der Waals surface area contributed by atoms with Gasteiger partial charge in [-0.1, -0.05) is 6.07 Å². The second-order valence-electron chi connectivity index (χ2n) is 3.84. The molecule has 2 rings (SSSR count). The Morgan fingerprint density at radius 3 is 3.07 bits per heavy atom. The van der Waals surface area contributed by atoms with Crippen molar-refractivity contribution in [3.63, 3.8) is 0 Å². The minimum absolute atomic E-state index is 0.0845. The molecule has 0 aliphatic carbocycles. The molecule has 2 heterocycles. The summed E-state index contributed by atoms with van der Waals surface area (Å²) in [5.74, 6) is 0.234. The molecule has 1 fully saturated rings. The summed E-state index contributed by atoms with van der Waals surface area (Å²) < 4.78 is 0. The Labute approximate surface area is 93.9 Å². The van der Waals surface area contributed by atoms with E-state index in [2.05, 4.69) is 6.07 Å². The van der Waals surface area contributed by atoms with Gasteiger partial charge in [-0.3, -0.25) is 4.79 Å². The minimum Gasteiger partial charge on any atom is -0.334 e. The molecular formula is C11H16N2OS. The predicted molar refractivity (Wildman–Crippen MR) is 61.7 cm³/mol. The maximum absolute atomic E-state index is 11.8. The predicted octanol–water partition coefficient (Wildman–Crippen LogP) is 1.76. The molecule has 2 atom stereocenters. The fourth-order valence-corrected chi connectivity index (χ4v) is 3.09. The molecule has 4 heteroatoms. The average Bonchev–Trinajstić information content (AvgIpc) is 2.74. The summed E-state index contributed by atoms with van der Waals surface area (Å²) in [6.07, 6.45) is 1.40. The molecule has 1 aromatic heterocycles. The van der Waals surface area contributed by atoms with Crippen LogP contribution >= 0.6 is 11.3 Å². The van der Waals surface area contributed by atoms with Gasteiger partial charge in [0.05, 0.1) is 6.04 Å². The molecule has 15 heavy (non-hydrogen) atoms. The Bertz CT molecular complexity index is 336. The molecule has 0 bridgehead atoms. The summed E-state index contributed by atoms with van der Waals surface area (Å²) in [7, 11) is 0.